The number of anilines is 1. The molecule has 0 fully saturated rings. The lowest BCUT2D eigenvalue weighted by Crippen LogP contribution is -2.24. The summed E-state index contributed by atoms with van der Waals surface area (Å²) in [6.07, 6.45) is 2.19. The van der Waals surface area contributed by atoms with Crippen LogP contribution in [0.4, 0.5) is 5.69 Å². The van der Waals surface area contributed by atoms with Crippen LogP contribution in [0.1, 0.15) is 44.5 Å². The topological polar surface area (TPSA) is 75.3 Å². The van der Waals surface area contributed by atoms with Gasteiger partial charge in [-0.2, -0.15) is 0 Å². The predicted molar refractivity (Wildman–Crippen MR) is 91.3 cm³/mol. The molecular formula is C18H24N2O3. The van der Waals surface area contributed by atoms with Crippen LogP contribution in [-0.4, -0.2) is 24.1 Å². The van der Waals surface area contributed by atoms with Crippen LogP contribution >= 0.6 is 0 Å². The van der Waals surface area contributed by atoms with E-state index in [1.807, 2.05) is 0 Å². The number of amides is 2. The normalized spacial score (nSPS) is 11.3. The lowest BCUT2D eigenvalue weighted by atomic mass is 10.1. The zero-order valence-corrected chi connectivity index (χ0v) is 14.1. The van der Waals surface area contributed by atoms with E-state index < -0.39 is 0 Å². The zero-order chi connectivity index (χ0) is 17.4. The van der Waals surface area contributed by atoms with E-state index in [1.54, 1.807) is 31.2 Å². The van der Waals surface area contributed by atoms with Gasteiger partial charge in [-0.25, -0.2) is 0 Å². The van der Waals surface area contributed by atoms with Gasteiger partial charge >= 0.3 is 0 Å². The van der Waals surface area contributed by atoms with Gasteiger partial charge in [0.2, 0.25) is 5.91 Å². The molecule has 2 amide bonds. The molecule has 124 valence electrons. The Morgan fingerprint density at radius 1 is 1.09 bits per heavy atom. The molecule has 0 heterocycles. The van der Waals surface area contributed by atoms with Gasteiger partial charge in [0.05, 0.1) is 0 Å². The summed E-state index contributed by atoms with van der Waals surface area (Å²) < 4.78 is 0. The van der Waals surface area contributed by atoms with E-state index in [2.05, 4.69) is 24.5 Å². The first-order valence-corrected chi connectivity index (χ1v) is 7.68. The molecule has 0 radical (unpaired) electrons. The highest BCUT2D eigenvalue weighted by Crippen LogP contribution is 2.11. The Morgan fingerprint density at radius 3 is 2.22 bits per heavy atom. The lowest BCUT2D eigenvalue weighted by molar-refractivity contribution is -0.117. The van der Waals surface area contributed by atoms with Gasteiger partial charge in [-0.1, -0.05) is 13.8 Å². The Bertz CT molecular complexity index is 601. The molecule has 0 bridgehead atoms. The van der Waals surface area contributed by atoms with Crippen LogP contribution in [-0.2, 0) is 9.59 Å². The third-order valence-electron chi connectivity index (χ3n) is 3.28. The Labute approximate surface area is 137 Å². The maximum Gasteiger partial charge on any atom is 0.251 e. The summed E-state index contributed by atoms with van der Waals surface area (Å²) in [7, 11) is 0. The van der Waals surface area contributed by atoms with Crippen LogP contribution in [0.2, 0.25) is 0 Å². The Hall–Kier alpha value is -2.43. The van der Waals surface area contributed by atoms with Crippen molar-refractivity contribution in [3.8, 4) is 0 Å². The van der Waals surface area contributed by atoms with E-state index in [4.69, 9.17) is 0 Å². The number of nitrogens with one attached hydrogen (secondary N) is 2. The van der Waals surface area contributed by atoms with E-state index in [9.17, 15) is 14.4 Å². The van der Waals surface area contributed by atoms with Gasteiger partial charge in [0, 0.05) is 29.4 Å². The van der Waals surface area contributed by atoms with Crippen molar-refractivity contribution >= 4 is 23.3 Å². The minimum Gasteiger partial charge on any atom is -0.353 e. The summed E-state index contributed by atoms with van der Waals surface area (Å²) in [5.41, 5.74) is 1.48. The van der Waals surface area contributed by atoms with E-state index in [0.29, 0.717) is 29.3 Å². The van der Waals surface area contributed by atoms with E-state index in [-0.39, 0.29) is 17.6 Å². The van der Waals surface area contributed by atoms with Crippen LogP contribution < -0.4 is 10.6 Å². The van der Waals surface area contributed by atoms with Gasteiger partial charge in [-0.3, -0.25) is 14.4 Å². The molecule has 2 N–H and O–H groups in total. The Balaban J connectivity index is 2.57. The second kappa shape index (κ2) is 8.88. The summed E-state index contributed by atoms with van der Waals surface area (Å²) in [6.45, 7) is 7.82. The first-order valence-electron chi connectivity index (χ1n) is 7.68. The molecule has 0 unspecified atom stereocenters. The number of carbonyl (C=O) groups is 3. The predicted octanol–water partition coefficient (Wildman–Crippen LogP) is 2.94. The summed E-state index contributed by atoms with van der Waals surface area (Å²) in [4.78, 5) is 34.9. The fourth-order valence-electron chi connectivity index (χ4n) is 1.82. The maximum absolute atomic E-state index is 12.0. The van der Waals surface area contributed by atoms with Crippen molar-refractivity contribution in [2.75, 3.05) is 11.9 Å². The summed E-state index contributed by atoms with van der Waals surface area (Å²) in [6, 6.07) is 6.61. The number of hydrogen-bond acceptors (Lipinski definition) is 3. The highest BCUT2D eigenvalue weighted by Gasteiger charge is 2.08. The Morgan fingerprint density at radius 2 is 1.70 bits per heavy atom. The quantitative estimate of drug-likeness (QED) is 0.600. The number of benzene rings is 1. The van der Waals surface area contributed by atoms with Crippen LogP contribution in [0.3, 0.4) is 0 Å². The lowest BCUT2D eigenvalue weighted by Gasteiger charge is -2.07. The molecule has 1 aromatic rings. The molecule has 0 aliphatic rings. The Kier molecular flexibility index (Phi) is 7.19. The molecule has 0 atom stereocenters. The molecule has 5 nitrogen and oxygen atoms in total. The van der Waals surface area contributed by atoms with Gasteiger partial charge < -0.3 is 10.6 Å². The molecule has 0 saturated carbocycles. The van der Waals surface area contributed by atoms with Crippen molar-refractivity contribution in [3.05, 3.63) is 41.5 Å². The average molecular weight is 316 g/mol. The first kappa shape index (κ1) is 18.6. The standard InChI is InChI=1S/C18H24N2O3/c1-12(2)9-10-19-17(22)11-13(3)18(23)20-16-7-5-15(6-8-16)14(4)21/h5-8,11-12H,9-10H2,1-4H3,(H,19,22)(H,20,23)/b13-11-. The number of rotatable bonds is 7. The van der Waals surface area contributed by atoms with Crippen molar-refractivity contribution in [1.29, 1.82) is 0 Å². The number of Topliss-reactive ketones (excluding diaryl/α,β-unsaturated/α-hetero) is 1. The van der Waals surface area contributed by atoms with Crippen LogP contribution in [0.15, 0.2) is 35.9 Å². The third-order valence-corrected chi connectivity index (χ3v) is 3.28. The maximum atomic E-state index is 12.0. The van der Waals surface area contributed by atoms with Crippen molar-refractivity contribution in [1.82, 2.24) is 5.32 Å². The molecule has 23 heavy (non-hydrogen) atoms. The van der Waals surface area contributed by atoms with Crippen LogP contribution in [0.5, 0.6) is 0 Å². The van der Waals surface area contributed by atoms with Gasteiger partial charge in [-0.15, -0.1) is 0 Å². The van der Waals surface area contributed by atoms with Crippen molar-refractivity contribution in [2.24, 2.45) is 5.92 Å². The van der Waals surface area contributed by atoms with Gasteiger partial charge in [0.15, 0.2) is 5.78 Å². The van der Waals surface area contributed by atoms with E-state index >= 15 is 0 Å². The van der Waals surface area contributed by atoms with Crippen LogP contribution in [0, 0.1) is 5.92 Å². The van der Waals surface area contributed by atoms with Gasteiger partial charge in [0.25, 0.3) is 5.91 Å². The fourth-order valence-corrected chi connectivity index (χ4v) is 1.82. The zero-order valence-electron chi connectivity index (χ0n) is 14.1. The second-order valence-electron chi connectivity index (χ2n) is 5.89. The molecular weight excluding hydrogens is 292 g/mol. The van der Waals surface area contributed by atoms with Crippen molar-refractivity contribution < 1.29 is 14.4 Å². The smallest absolute Gasteiger partial charge is 0.251 e. The highest BCUT2D eigenvalue weighted by atomic mass is 16.2. The molecule has 0 aromatic heterocycles. The van der Waals surface area contributed by atoms with E-state index in [0.717, 1.165) is 6.42 Å². The number of carbonyl (C=O) groups excluding carboxylic acids is 3. The van der Waals surface area contributed by atoms with E-state index in [1.165, 1.54) is 13.0 Å². The summed E-state index contributed by atoms with van der Waals surface area (Å²) >= 11 is 0. The largest absolute Gasteiger partial charge is 0.353 e. The minimum atomic E-state index is -0.348. The second-order valence-corrected chi connectivity index (χ2v) is 5.89. The molecule has 0 aliphatic carbocycles. The van der Waals surface area contributed by atoms with Crippen molar-refractivity contribution in [3.63, 3.8) is 0 Å². The highest BCUT2D eigenvalue weighted by molar-refractivity contribution is 6.07. The van der Waals surface area contributed by atoms with Crippen molar-refractivity contribution in [2.45, 2.75) is 34.1 Å². The fraction of sp³-hybridized carbons (Fsp3) is 0.389. The van der Waals surface area contributed by atoms with Gasteiger partial charge in [-0.05, 0) is 50.5 Å². The molecule has 1 rings (SSSR count). The average Bonchev–Trinajstić information content (AvgIpc) is 2.47. The minimum absolute atomic E-state index is 0.0305. The molecule has 0 spiro atoms. The monoisotopic (exact) mass is 316 g/mol. The SMILES string of the molecule is CC(=O)c1ccc(NC(=O)/C(C)=C\C(=O)NCCC(C)C)cc1. The number of hydrogen-bond donors (Lipinski definition) is 2. The third kappa shape index (κ3) is 6.91. The molecule has 5 heteroatoms. The van der Waals surface area contributed by atoms with Crippen LogP contribution in [0.25, 0.3) is 0 Å². The number of ketones is 1. The summed E-state index contributed by atoms with van der Waals surface area (Å²) in [5.74, 6) is -0.136. The molecule has 0 saturated heterocycles. The molecule has 1 aromatic carbocycles. The molecule has 0 aliphatic heterocycles. The first-order chi connectivity index (χ1) is 10.8. The summed E-state index contributed by atoms with van der Waals surface area (Å²) in [5, 5.41) is 5.44. The van der Waals surface area contributed by atoms with Gasteiger partial charge in [0.1, 0.15) is 0 Å².